The van der Waals surface area contributed by atoms with Gasteiger partial charge in [0.1, 0.15) is 17.3 Å². The number of hydrogen-bond acceptors (Lipinski definition) is 4. The van der Waals surface area contributed by atoms with Gasteiger partial charge in [-0.15, -0.1) is 0 Å². The maximum absolute atomic E-state index is 12.9. The Morgan fingerprint density at radius 3 is 2.83 bits per heavy atom. The van der Waals surface area contributed by atoms with E-state index in [0.29, 0.717) is 12.1 Å². The van der Waals surface area contributed by atoms with Gasteiger partial charge in [0.05, 0.1) is 5.69 Å². The predicted molar refractivity (Wildman–Crippen MR) is 64.6 cm³/mol. The number of aromatic hydroxyl groups is 1. The maximum atomic E-state index is 12.9. The van der Waals surface area contributed by atoms with Crippen molar-refractivity contribution in [3.05, 3.63) is 47.1 Å². The molecule has 1 unspecified atom stereocenters. The van der Waals surface area contributed by atoms with Crippen molar-refractivity contribution in [1.29, 1.82) is 0 Å². The van der Waals surface area contributed by atoms with Crippen LogP contribution in [0.25, 0.3) is 0 Å². The third kappa shape index (κ3) is 2.87. The number of hydrogen-bond donors (Lipinski definition) is 2. The molecule has 96 valence electrons. The van der Waals surface area contributed by atoms with Crippen molar-refractivity contribution in [2.75, 3.05) is 0 Å². The van der Waals surface area contributed by atoms with Crippen LogP contribution < -0.4 is 5.32 Å². The number of phenols is 1. The normalized spacial score (nSPS) is 12.6. The van der Waals surface area contributed by atoms with Gasteiger partial charge in [-0.3, -0.25) is 0 Å². The fourth-order valence-electron chi connectivity index (χ4n) is 1.75. The van der Waals surface area contributed by atoms with Crippen LogP contribution in [-0.4, -0.2) is 10.3 Å². The van der Waals surface area contributed by atoms with E-state index in [4.69, 9.17) is 4.52 Å². The Balaban J connectivity index is 2.01. The summed E-state index contributed by atoms with van der Waals surface area (Å²) in [5.74, 6) is 0.256. The molecule has 1 aromatic carbocycles. The quantitative estimate of drug-likeness (QED) is 0.875. The minimum absolute atomic E-state index is 0.0497. The maximum Gasteiger partial charge on any atom is 0.133 e. The zero-order valence-electron chi connectivity index (χ0n) is 10.3. The van der Waals surface area contributed by atoms with E-state index in [0.717, 1.165) is 17.5 Å². The van der Waals surface area contributed by atoms with Crippen molar-refractivity contribution in [1.82, 2.24) is 10.5 Å². The average Bonchev–Trinajstić information content (AvgIpc) is 2.72. The fourth-order valence-corrected chi connectivity index (χ4v) is 1.75. The first-order valence-corrected chi connectivity index (χ1v) is 5.70. The van der Waals surface area contributed by atoms with Crippen LogP contribution in [0.1, 0.15) is 30.0 Å². The Bertz CT molecular complexity index is 540. The minimum Gasteiger partial charge on any atom is -0.508 e. The number of halogens is 1. The van der Waals surface area contributed by atoms with Crippen molar-refractivity contribution in [2.24, 2.45) is 0 Å². The van der Waals surface area contributed by atoms with Gasteiger partial charge in [-0.1, -0.05) is 11.2 Å². The summed E-state index contributed by atoms with van der Waals surface area (Å²) in [7, 11) is 0. The van der Waals surface area contributed by atoms with Crippen molar-refractivity contribution >= 4 is 0 Å². The number of rotatable bonds is 4. The SMILES string of the molecule is Cc1cc(CNC(C)c2ccc(F)cc2O)no1. The second kappa shape index (κ2) is 5.18. The molecule has 1 atom stereocenters. The first kappa shape index (κ1) is 12.6. The Labute approximate surface area is 104 Å². The molecule has 2 N–H and O–H groups in total. The summed E-state index contributed by atoms with van der Waals surface area (Å²) in [6, 6.07) is 5.73. The molecule has 1 heterocycles. The fraction of sp³-hybridized carbons (Fsp3) is 0.308. The summed E-state index contributed by atoms with van der Waals surface area (Å²) in [4.78, 5) is 0. The largest absolute Gasteiger partial charge is 0.508 e. The summed E-state index contributed by atoms with van der Waals surface area (Å²) in [5.41, 5.74) is 1.44. The van der Waals surface area contributed by atoms with Gasteiger partial charge in [0.15, 0.2) is 0 Å². The molecule has 2 aromatic rings. The number of aromatic nitrogens is 1. The minimum atomic E-state index is -0.449. The lowest BCUT2D eigenvalue weighted by Crippen LogP contribution is -2.18. The van der Waals surface area contributed by atoms with Gasteiger partial charge in [-0.05, 0) is 19.9 Å². The molecule has 0 aliphatic heterocycles. The molecule has 0 bridgehead atoms. The third-order valence-electron chi connectivity index (χ3n) is 2.73. The number of aryl methyl sites for hydroxylation is 1. The van der Waals surface area contributed by atoms with Gasteiger partial charge in [-0.25, -0.2) is 4.39 Å². The molecule has 0 spiro atoms. The summed E-state index contributed by atoms with van der Waals surface area (Å²) in [6.45, 7) is 4.24. The second-order valence-electron chi connectivity index (χ2n) is 4.23. The van der Waals surface area contributed by atoms with Crippen LogP contribution in [-0.2, 0) is 6.54 Å². The number of phenolic OH excluding ortho intramolecular Hbond substituents is 1. The molecule has 0 saturated carbocycles. The Kier molecular flexibility index (Phi) is 3.62. The number of benzene rings is 1. The molecule has 18 heavy (non-hydrogen) atoms. The average molecular weight is 250 g/mol. The molecule has 0 aliphatic rings. The molecular weight excluding hydrogens is 235 g/mol. The zero-order valence-corrected chi connectivity index (χ0v) is 10.3. The number of nitrogens with one attached hydrogen (secondary N) is 1. The molecule has 0 fully saturated rings. The first-order valence-electron chi connectivity index (χ1n) is 5.70. The van der Waals surface area contributed by atoms with Crippen LogP contribution in [0.3, 0.4) is 0 Å². The van der Waals surface area contributed by atoms with E-state index in [1.165, 1.54) is 6.07 Å². The van der Waals surface area contributed by atoms with E-state index in [9.17, 15) is 9.50 Å². The van der Waals surface area contributed by atoms with E-state index in [1.54, 1.807) is 6.07 Å². The topological polar surface area (TPSA) is 58.3 Å². The number of nitrogens with zero attached hydrogens (tertiary/aromatic N) is 1. The van der Waals surface area contributed by atoms with Crippen molar-refractivity contribution in [2.45, 2.75) is 26.4 Å². The van der Waals surface area contributed by atoms with Gasteiger partial charge in [-0.2, -0.15) is 0 Å². The molecule has 0 aliphatic carbocycles. The van der Waals surface area contributed by atoms with Gasteiger partial charge in [0, 0.05) is 30.3 Å². The third-order valence-corrected chi connectivity index (χ3v) is 2.73. The van der Waals surface area contributed by atoms with E-state index < -0.39 is 5.82 Å². The monoisotopic (exact) mass is 250 g/mol. The Morgan fingerprint density at radius 1 is 1.44 bits per heavy atom. The Hall–Kier alpha value is -1.88. The van der Waals surface area contributed by atoms with E-state index >= 15 is 0 Å². The highest BCUT2D eigenvalue weighted by atomic mass is 19.1. The zero-order chi connectivity index (χ0) is 13.1. The molecule has 5 heteroatoms. The van der Waals surface area contributed by atoms with E-state index in [-0.39, 0.29) is 11.8 Å². The first-order chi connectivity index (χ1) is 8.56. The van der Waals surface area contributed by atoms with Crippen molar-refractivity contribution in [3.63, 3.8) is 0 Å². The van der Waals surface area contributed by atoms with Gasteiger partial charge in [0.2, 0.25) is 0 Å². The molecule has 1 aromatic heterocycles. The van der Waals surface area contributed by atoms with Gasteiger partial charge >= 0.3 is 0 Å². The highest BCUT2D eigenvalue weighted by Gasteiger charge is 2.11. The smallest absolute Gasteiger partial charge is 0.133 e. The van der Waals surface area contributed by atoms with Crippen LogP contribution in [0.4, 0.5) is 4.39 Å². The van der Waals surface area contributed by atoms with Crippen LogP contribution in [0.5, 0.6) is 5.75 Å². The lowest BCUT2D eigenvalue weighted by atomic mass is 10.1. The van der Waals surface area contributed by atoms with Gasteiger partial charge < -0.3 is 14.9 Å². The van der Waals surface area contributed by atoms with Crippen LogP contribution in [0, 0.1) is 12.7 Å². The summed E-state index contributed by atoms with van der Waals surface area (Å²) in [6.07, 6.45) is 0. The van der Waals surface area contributed by atoms with E-state index in [2.05, 4.69) is 10.5 Å². The Morgan fingerprint density at radius 2 is 2.22 bits per heavy atom. The summed E-state index contributed by atoms with van der Waals surface area (Å²) in [5, 5.41) is 16.7. The highest BCUT2D eigenvalue weighted by Crippen LogP contribution is 2.24. The van der Waals surface area contributed by atoms with Crippen LogP contribution in [0.2, 0.25) is 0 Å². The predicted octanol–water partition coefficient (Wildman–Crippen LogP) is 2.68. The second-order valence-corrected chi connectivity index (χ2v) is 4.23. The molecular formula is C13H15FN2O2. The van der Waals surface area contributed by atoms with E-state index in [1.807, 2.05) is 19.9 Å². The summed E-state index contributed by atoms with van der Waals surface area (Å²) < 4.78 is 17.8. The lowest BCUT2D eigenvalue weighted by Gasteiger charge is -2.14. The molecule has 0 saturated heterocycles. The molecule has 2 rings (SSSR count). The summed E-state index contributed by atoms with van der Waals surface area (Å²) >= 11 is 0. The van der Waals surface area contributed by atoms with Crippen molar-refractivity contribution in [3.8, 4) is 5.75 Å². The van der Waals surface area contributed by atoms with Crippen molar-refractivity contribution < 1.29 is 14.0 Å². The molecule has 4 nitrogen and oxygen atoms in total. The standard InChI is InChI=1S/C13H15FN2O2/c1-8-5-11(16-18-8)7-15-9(2)12-4-3-10(14)6-13(12)17/h3-6,9,15,17H,7H2,1-2H3. The van der Waals surface area contributed by atoms with Crippen LogP contribution in [0.15, 0.2) is 28.8 Å². The van der Waals surface area contributed by atoms with Gasteiger partial charge in [0.25, 0.3) is 0 Å². The molecule has 0 radical (unpaired) electrons. The highest BCUT2D eigenvalue weighted by molar-refractivity contribution is 5.34. The van der Waals surface area contributed by atoms with Crippen LogP contribution >= 0.6 is 0 Å². The molecule has 0 amide bonds. The lowest BCUT2D eigenvalue weighted by molar-refractivity contribution is 0.385.